The molecule has 4 aromatic rings. The molecule has 1 saturated heterocycles. The van der Waals surface area contributed by atoms with Crippen LogP contribution in [0, 0.1) is 0 Å². The van der Waals surface area contributed by atoms with Crippen molar-refractivity contribution < 1.29 is 4.79 Å². The van der Waals surface area contributed by atoms with Crippen molar-refractivity contribution in [3.05, 3.63) is 63.7 Å². The molecule has 0 aliphatic carbocycles. The predicted molar refractivity (Wildman–Crippen MR) is 140 cm³/mol. The molecule has 1 aliphatic heterocycles. The molecule has 0 bridgehead atoms. The van der Waals surface area contributed by atoms with Gasteiger partial charge in [0.15, 0.2) is 5.82 Å². The highest BCUT2D eigenvalue weighted by Gasteiger charge is 2.39. The lowest BCUT2D eigenvalue weighted by molar-refractivity contribution is -0.125. The van der Waals surface area contributed by atoms with Crippen LogP contribution < -0.4 is 16.0 Å². The van der Waals surface area contributed by atoms with Gasteiger partial charge >= 0.3 is 0 Å². The second kappa shape index (κ2) is 9.28. The van der Waals surface area contributed by atoms with E-state index in [0.717, 1.165) is 16.8 Å². The van der Waals surface area contributed by atoms with E-state index < -0.39 is 5.54 Å². The van der Waals surface area contributed by atoms with Crippen LogP contribution in [0.4, 0.5) is 5.82 Å². The van der Waals surface area contributed by atoms with Crippen LogP contribution in [0.15, 0.2) is 48.7 Å². The first-order valence-electron chi connectivity index (χ1n) is 11.0. The number of nitrogens with two attached hydrogens (primary N) is 1. The van der Waals surface area contributed by atoms with Gasteiger partial charge in [0, 0.05) is 34.4 Å². The van der Waals surface area contributed by atoms with Crippen molar-refractivity contribution in [1.29, 1.82) is 0 Å². The first-order chi connectivity index (χ1) is 16.8. The summed E-state index contributed by atoms with van der Waals surface area (Å²) >= 11 is 18.9. The number of hydrogen-bond acceptors (Lipinski definition) is 6. The third-order valence-corrected chi connectivity index (χ3v) is 7.38. The molecule has 0 unspecified atom stereocenters. The van der Waals surface area contributed by atoms with Crippen molar-refractivity contribution in [3.63, 3.8) is 0 Å². The number of halogens is 3. The summed E-state index contributed by atoms with van der Waals surface area (Å²) in [5, 5.41) is 13.5. The number of aromatic nitrogens is 4. The molecule has 2 aromatic heterocycles. The van der Waals surface area contributed by atoms with Gasteiger partial charge in [-0.1, -0.05) is 34.8 Å². The number of carbonyl (C=O) groups excluding carboxylic acids is 1. The Morgan fingerprint density at radius 2 is 1.74 bits per heavy atom. The van der Waals surface area contributed by atoms with Gasteiger partial charge in [-0.05, 0) is 62.4 Å². The van der Waals surface area contributed by atoms with Crippen LogP contribution in [0.2, 0.25) is 15.1 Å². The molecule has 0 atom stereocenters. The van der Waals surface area contributed by atoms with E-state index in [0.29, 0.717) is 58.2 Å². The molecule has 0 spiro atoms. The molecular formula is C24H22Cl3N7O. The van der Waals surface area contributed by atoms with E-state index in [1.807, 2.05) is 34.9 Å². The van der Waals surface area contributed by atoms with Gasteiger partial charge in [0.05, 0.1) is 16.7 Å². The maximum absolute atomic E-state index is 12.1. The van der Waals surface area contributed by atoms with Gasteiger partial charge in [0.2, 0.25) is 5.91 Å². The van der Waals surface area contributed by atoms with Crippen LogP contribution in [0.1, 0.15) is 12.8 Å². The zero-order valence-electron chi connectivity index (χ0n) is 18.8. The highest BCUT2D eigenvalue weighted by Crippen LogP contribution is 2.37. The molecule has 180 valence electrons. The van der Waals surface area contributed by atoms with E-state index in [1.54, 1.807) is 25.4 Å². The van der Waals surface area contributed by atoms with Crippen LogP contribution >= 0.6 is 34.8 Å². The second-order valence-electron chi connectivity index (χ2n) is 8.46. The van der Waals surface area contributed by atoms with Gasteiger partial charge < -0.3 is 16.0 Å². The van der Waals surface area contributed by atoms with Gasteiger partial charge in [-0.3, -0.25) is 9.36 Å². The molecule has 2 aromatic carbocycles. The number of primary amides is 1. The fraction of sp³-hybridized carbons (Fsp3) is 0.250. The van der Waals surface area contributed by atoms with E-state index in [2.05, 4.69) is 20.4 Å². The molecule has 8 nitrogen and oxygen atoms in total. The number of nitrogens with one attached hydrogen (secondary N) is 1. The molecule has 1 amide bonds. The van der Waals surface area contributed by atoms with Crippen molar-refractivity contribution in [2.24, 2.45) is 5.73 Å². The van der Waals surface area contributed by atoms with Crippen LogP contribution in [0.3, 0.4) is 0 Å². The van der Waals surface area contributed by atoms with Crippen LogP contribution in [-0.2, 0) is 4.79 Å². The Kier molecular flexibility index (Phi) is 6.31. The number of likely N-dealkylation sites (N-methyl/N-ethyl adjacent to an activating group) is 1. The molecule has 11 heteroatoms. The number of anilines is 1. The Morgan fingerprint density at radius 3 is 2.37 bits per heavy atom. The average Bonchev–Trinajstić information content (AvgIpc) is 3.24. The second-order valence-corrected chi connectivity index (χ2v) is 9.74. The number of rotatable bonds is 5. The number of hydrogen-bond donors (Lipinski definition) is 2. The lowest BCUT2D eigenvalue weighted by Gasteiger charge is -2.39. The zero-order chi connectivity index (χ0) is 24.7. The number of imidazole rings is 1. The lowest BCUT2D eigenvalue weighted by Crippen LogP contribution is -2.59. The summed E-state index contributed by atoms with van der Waals surface area (Å²) in [6, 6.07) is 12.8. The summed E-state index contributed by atoms with van der Waals surface area (Å²) in [6.07, 6.45) is 2.77. The normalized spacial score (nSPS) is 15.5. The highest BCUT2D eigenvalue weighted by molar-refractivity contribution is 6.36. The van der Waals surface area contributed by atoms with E-state index in [9.17, 15) is 4.79 Å². The van der Waals surface area contributed by atoms with Crippen LogP contribution in [0.25, 0.3) is 28.1 Å². The fourth-order valence-corrected chi connectivity index (χ4v) is 5.16. The van der Waals surface area contributed by atoms with E-state index in [-0.39, 0.29) is 5.91 Å². The molecule has 1 fully saturated rings. The molecular weight excluding hydrogens is 509 g/mol. The maximum atomic E-state index is 12.1. The predicted octanol–water partition coefficient (Wildman–Crippen LogP) is 4.49. The van der Waals surface area contributed by atoms with Crippen LogP contribution in [-0.4, -0.2) is 51.3 Å². The summed E-state index contributed by atoms with van der Waals surface area (Å²) in [7, 11) is 1.76. The maximum Gasteiger partial charge on any atom is 0.237 e. The Labute approximate surface area is 217 Å². The number of nitrogens with zero attached hydrogens (tertiary/aromatic N) is 5. The molecule has 0 saturated carbocycles. The lowest BCUT2D eigenvalue weighted by atomic mass is 9.87. The number of carbonyl (C=O) groups is 1. The largest absolute Gasteiger partial charge is 0.368 e. The van der Waals surface area contributed by atoms with E-state index in [4.69, 9.17) is 45.5 Å². The SMILES string of the molecule is CNC1(C(N)=O)CCN(c2nncc3c2nc(-c2ccc(Cl)cc2Cl)n3-c2ccc(Cl)cc2)CC1. The molecule has 0 radical (unpaired) electrons. The van der Waals surface area contributed by atoms with Gasteiger partial charge in [0.1, 0.15) is 16.9 Å². The molecule has 3 heterocycles. The third-order valence-electron chi connectivity index (χ3n) is 6.58. The smallest absolute Gasteiger partial charge is 0.237 e. The standard InChI is InChI=1S/C24H22Cl3N7O/c1-29-24(23(28)35)8-10-33(11-9-24)22-20-19(13-30-32-22)34(16-5-2-14(25)3-6-16)21(31-20)17-7-4-15(26)12-18(17)27/h2-7,12-13,29H,8-11H2,1H3,(H2,28,35). The average molecular weight is 531 g/mol. The van der Waals surface area contributed by atoms with Crippen molar-refractivity contribution in [3.8, 4) is 17.1 Å². The number of piperidine rings is 1. The summed E-state index contributed by atoms with van der Waals surface area (Å²) in [4.78, 5) is 19.1. The number of amides is 1. The van der Waals surface area contributed by atoms with Gasteiger partial charge in [-0.2, -0.15) is 5.10 Å². The van der Waals surface area contributed by atoms with Crippen molar-refractivity contribution in [2.75, 3.05) is 25.0 Å². The minimum atomic E-state index is -0.734. The van der Waals surface area contributed by atoms with E-state index in [1.165, 1.54) is 0 Å². The zero-order valence-corrected chi connectivity index (χ0v) is 21.1. The Balaban J connectivity index is 1.66. The number of benzene rings is 2. The Hall–Kier alpha value is -2.91. The quantitative estimate of drug-likeness (QED) is 0.394. The topological polar surface area (TPSA) is 102 Å². The minimum Gasteiger partial charge on any atom is -0.368 e. The monoisotopic (exact) mass is 529 g/mol. The first-order valence-corrected chi connectivity index (χ1v) is 12.2. The molecule has 35 heavy (non-hydrogen) atoms. The fourth-order valence-electron chi connectivity index (χ4n) is 4.54. The van der Waals surface area contributed by atoms with Crippen molar-refractivity contribution in [2.45, 2.75) is 18.4 Å². The van der Waals surface area contributed by atoms with Gasteiger partial charge in [0.25, 0.3) is 0 Å². The number of fused-ring (bicyclic) bond motifs is 1. The summed E-state index contributed by atoms with van der Waals surface area (Å²) in [5.41, 5.74) is 7.95. The van der Waals surface area contributed by atoms with Gasteiger partial charge in [-0.25, -0.2) is 4.98 Å². The first kappa shape index (κ1) is 23.8. The summed E-state index contributed by atoms with van der Waals surface area (Å²) in [6.45, 7) is 1.14. The van der Waals surface area contributed by atoms with Gasteiger partial charge in [-0.15, -0.1) is 5.10 Å². The van der Waals surface area contributed by atoms with Crippen LogP contribution in [0.5, 0.6) is 0 Å². The third kappa shape index (κ3) is 4.21. The van der Waals surface area contributed by atoms with E-state index >= 15 is 0 Å². The van der Waals surface area contributed by atoms with Crippen molar-refractivity contribution in [1.82, 2.24) is 25.1 Å². The highest BCUT2D eigenvalue weighted by atomic mass is 35.5. The molecule has 3 N–H and O–H groups in total. The molecule has 5 rings (SSSR count). The minimum absolute atomic E-state index is 0.351. The Morgan fingerprint density at radius 1 is 1.06 bits per heavy atom. The summed E-state index contributed by atoms with van der Waals surface area (Å²) < 4.78 is 1.98. The summed E-state index contributed by atoms with van der Waals surface area (Å²) in [5.74, 6) is 0.908. The van der Waals surface area contributed by atoms with Crippen molar-refractivity contribution >= 4 is 57.6 Å². The molecule has 1 aliphatic rings. The Bertz CT molecular complexity index is 1410.